The number of hydrogen-bond donors (Lipinski definition) is 2. The number of hydrogen-bond acceptors (Lipinski definition) is 3. The van der Waals surface area contributed by atoms with E-state index in [1.807, 2.05) is 12.1 Å². The van der Waals surface area contributed by atoms with Crippen LogP contribution in [0.25, 0.3) is 11.1 Å². The SMILES string of the molecule is NC1CCC(NC(=O)OCC2c3ccccc3-c3ccccc32)C1. The van der Waals surface area contributed by atoms with E-state index in [1.165, 1.54) is 22.3 Å². The van der Waals surface area contributed by atoms with Gasteiger partial charge >= 0.3 is 6.09 Å². The van der Waals surface area contributed by atoms with Crippen LogP contribution in [-0.2, 0) is 4.74 Å². The summed E-state index contributed by atoms with van der Waals surface area (Å²) in [4.78, 5) is 12.1. The Balaban J connectivity index is 1.46. The quantitative estimate of drug-likeness (QED) is 0.910. The van der Waals surface area contributed by atoms with E-state index in [0.29, 0.717) is 6.61 Å². The minimum Gasteiger partial charge on any atom is -0.449 e. The molecule has 2 aromatic rings. The number of nitrogens with one attached hydrogen (secondary N) is 1. The molecule has 4 heteroatoms. The van der Waals surface area contributed by atoms with E-state index in [-0.39, 0.29) is 24.1 Å². The molecule has 2 atom stereocenters. The predicted molar refractivity (Wildman–Crippen MR) is 93.8 cm³/mol. The molecule has 0 bridgehead atoms. The zero-order chi connectivity index (χ0) is 16.5. The number of carbonyl (C=O) groups is 1. The first kappa shape index (κ1) is 15.2. The van der Waals surface area contributed by atoms with E-state index in [0.717, 1.165) is 19.3 Å². The Kier molecular flexibility index (Phi) is 3.98. The Bertz CT molecular complexity index is 713. The van der Waals surface area contributed by atoms with Gasteiger partial charge in [0.05, 0.1) is 0 Å². The summed E-state index contributed by atoms with van der Waals surface area (Å²) in [7, 11) is 0. The van der Waals surface area contributed by atoms with Gasteiger partial charge in [-0.3, -0.25) is 0 Å². The van der Waals surface area contributed by atoms with E-state index in [4.69, 9.17) is 10.5 Å². The van der Waals surface area contributed by atoms with Gasteiger partial charge in [-0.25, -0.2) is 4.79 Å². The zero-order valence-corrected chi connectivity index (χ0v) is 13.6. The Labute approximate surface area is 142 Å². The molecule has 4 nitrogen and oxygen atoms in total. The van der Waals surface area contributed by atoms with Gasteiger partial charge in [0.15, 0.2) is 0 Å². The number of benzene rings is 2. The van der Waals surface area contributed by atoms with Crippen LogP contribution >= 0.6 is 0 Å². The van der Waals surface area contributed by atoms with E-state index >= 15 is 0 Å². The molecule has 0 heterocycles. The third kappa shape index (κ3) is 2.78. The lowest BCUT2D eigenvalue weighted by molar-refractivity contribution is 0.139. The number of ether oxygens (including phenoxy) is 1. The number of alkyl carbamates (subject to hydrolysis) is 1. The van der Waals surface area contributed by atoms with Crippen LogP contribution < -0.4 is 11.1 Å². The van der Waals surface area contributed by atoms with Crippen LogP contribution in [-0.4, -0.2) is 24.8 Å². The van der Waals surface area contributed by atoms with Crippen molar-refractivity contribution >= 4 is 6.09 Å². The number of carbonyl (C=O) groups excluding carboxylic acids is 1. The van der Waals surface area contributed by atoms with Crippen LogP contribution in [0.3, 0.4) is 0 Å². The molecule has 0 spiro atoms. The van der Waals surface area contributed by atoms with E-state index in [1.54, 1.807) is 0 Å². The van der Waals surface area contributed by atoms with Crippen molar-refractivity contribution in [1.82, 2.24) is 5.32 Å². The smallest absolute Gasteiger partial charge is 0.407 e. The Morgan fingerprint density at radius 2 is 1.67 bits per heavy atom. The molecule has 2 unspecified atom stereocenters. The second-order valence-electron chi connectivity index (χ2n) is 6.74. The summed E-state index contributed by atoms with van der Waals surface area (Å²) in [5.74, 6) is 0.106. The first-order valence-electron chi connectivity index (χ1n) is 8.59. The Hall–Kier alpha value is -2.33. The maximum Gasteiger partial charge on any atom is 0.407 e. The highest BCUT2D eigenvalue weighted by atomic mass is 16.5. The van der Waals surface area contributed by atoms with Crippen LogP contribution in [0, 0.1) is 0 Å². The van der Waals surface area contributed by atoms with Crippen LogP contribution in [0.4, 0.5) is 4.79 Å². The third-order valence-corrected chi connectivity index (χ3v) is 5.14. The van der Waals surface area contributed by atoms with Gasteiger partial charge in [0.25, 0.3) is 0 Å². The highest BCUT2D eigenvalue weighted by molar-refractivity contribution is 5.79. The van der Waals surface area contributed by atoms with Crippen molar-refractivity contribution in [3.63, 3.8) is 0 Å². The van der Waals surface area contributed by atoms with Gasteiger partial charge in [-0.1, -0.05) is 48.5 Å². The van der Waals surface area contributed by atoms with Crippen molar-refractivity contribution in [2.75, 3.05) is 6.61 Å². The molecule has 24 heavy (non-hydrogen) atoms. The fourth-order valence-electron chi connectivity index (χ4n) is 3.95. The first-order valence-corrected chi connectivity index (χ1v) is 8.59. The van der Waals surface area contributed by atoms with Gasteiger partial charge in [0.2, 0.25) is 0 Å². The lowest BCUT2D eigenvalue weighted by Crippen LogP contribution is -2.35. The van der Waals surface area contributed by atoms with Crippen LogP contribution in [0.5, 0.6) is 0 Å². The molecule has 2 aliphatic carbocycles. The largest absolute Gasteiger partial charge is 0.449 e. The predicted octanol–water partition coefficient (Wildman–Crippen LogP) is 3.40. The monoisotopic (exact) mass is 322 g/mol. The van der Waals surface area contributed by atoms with Crippen molar-refractivity contribution < 1.29 is 9.53 Å². The van der Waals surface area contributed by atoms with Gasteiger partial charge in [-0.15, -0.1) is 0 Å². The summed E-state index contributed by atoms with van der Waals surface area (Å²) >= 11 is 0. The molecule has 1 amide bonds. The molecule has 0 aromatic heterocycles. The molecule has 124 valence electrons. The van der Waals surface area contributed by atoms with E-state index in [9.17, 15) is 4.79 Å². The molecule has 0 aliphatic heterocycles. The molecule has 2 aromatic carbocycles. The average Bonchev–Trinajstić information content (AvgIpc) is 3.14. The molecule has 3 N–H and O–H groups in total. The van der Waals surface area contributed by atoms with Crippen LogP contribution in [0.1, 0.15) is 36.3 Å². The molecule has 2 aliphatic rings. The number of nitrogens with two attached hydrogens (primary N) is 1. The molecule has 1 saturated carbocycles. The minimum absolute atomic E-state index is 0.106. The van der Waals surface area contributed by atoms with Crippen molar-refractivity contribution in [3.05, 3.63) is 59.7 Å². The maximum absolute atomic E-state index is 12.1. The fraction of sp³-hybridized carbons (Fsp3) is 0.350. The lowest BCUT2D eigenvalue weighted by Gasteiger charge is -2.16. The van der Waals surface area contributed by atoms with Gasteiger partial charge in [0.1, 0.15) is 6.61 Å². The van der Waals surface area contributed by atoms with Crippen molar-refractivity contribution in [2.24, 2.45) is 5.73 Å². The summed E-state index contributed by atoms with van der Waals surface area (Å²) in [6.07, 6.45) is 2.40. The van der Waals surface area contributed by atoms with Gasteiger partial charge < -0.3 is 15.8 Å². The lowest BCUT2D eigenvalue weighted by atomic mass is 9.98. The fourth-order valence-corrected chi connectivity index (χ4v) is 3.95. The van der Waals surface area contributed by atoms with Gasteiger partial charge in [-0.05, 0) is 41.5 Å². The first-order chi connectivity index (χ1) is 11.7. The second kappa shape index (κ2) is 6.29. The van der Waals surface area contributed by atoms with Crippen molar-refractivity contribution in [2.45, 2.75) is 37.3 Å². The standard InChI is InChI=1S/C20H22N2O2/c21-13-9-10-14(11-13)22-20(23)24-12-19-17-7-3-1-5-15(17)16-6-2-4-8-18(16)19/h1-8,13-14,19H,9-12,21H2,(H,22,23). The molecule has 4 rings (SSSR count). The summed E-state index contributed by atoms with van der Waals surface area (Å²) in [6, 6.07) is 17.0. The number of rotatable bonds is 3. The maximum atomic E-state index is 12.1. The van der Waals surface area contributed by atoms with Crippen LogP contribution in [0.15, 0.2) is 48.5 Å². The topological polar surface area (TPSA) is 64.3 Å². The molecule has 0 saturated heterocycles. The van der Waals surface area contributed by atoms with Crippen molar-refractivity contribution in [3.8, 4) is 11.1 Å². The summed E-state index contributed by atoms with van der Waals surface area (Å²) in [6.45, 7) is 0.360. The Morgan fingerprint density at radius 3 is 2.25 bits per heavy atom. The summed E-state index contributed by atoms with van der Waals surface area (Å²) in [5, 5.41) is 2.94. The second-order valence-corrected chi connectivity index (χ2v) is 6.74. The molecule has 0 radical (unpaired) electrons. The number of fused-ring (bicyclic) bond motifs is 3. The minimum atomic E-state index is -0.337. The molecule has 1 fully saturated rings. The Morgan fingerprint density at radius 1 is 1.04 bits per heavy atom. The van der Waals surface area contributed by atoms with E-state index in [2.05, 4.69) is 41.7 Å². The highest BCUT2D eigenvalue weighted by Crippen LogP contribution is 2.44. The summed E-state index contributed by atoms with van der Waals surface area (Å²) in [5.41, 5.74) is 10.8. The zero-order valence-electron chi connectivity index (χ0n) is 13.6. The third-order valence-electron chi connectivity index (χ3n) is 5.14. The van der Waals surface area contributed by atoms with E-state index < -0.39 is 0 Å². The normalized spacial score (nSPS) is 22.0. The average molecular weight is 322 g/mol. The van der Waals surface area contributed by atoms with Crippen molar-refractivity contribution in [1.29, 1.82) is 0 Å². The van der Waals surface area contributed by atoms with Gasteiger partial charge in [-0.2, -0.15) is 0 Å². The van der Waals surface area contributed by atoms with Gasteiger partial charge in [0, 0.05) is 18.0 Å². The number of amides is 1. The highest BCUT2D eigenvalue weighted by Gasteiger charge is 2.29. The molecular formula is C20H22N2O2. The molecular weight excluding hydrogens is 300 g/mol. The van der Waals surface area contributed by atoms with Crippen LogP contribution in [0.2, 0.25) is 0 Å². The summed E-state index contributed by atoms with van der Waals surface area (Å²) < 4.78 is 5.55.